The molecule has 144 valence electrons. The number of aryl methyl sites for hydroxylation is 1. The molecule has 3 unspecified atom stereocenters. The molecule has 1 aromatic carbocycles. The highest BCUT2D eigenvalue weighted by Crippen LogP contribution is 2.25. The van der Waals surface area contributed by atoms with Crippen molar-refractivity contribution in [1.29, 1.82) is 0 Å². The summed E-state index contributed by atoms with van der Waals surface area (Å²) in [5.41, 5.74) is 8.16. The molecule has 1 aliphatic carbocycles. The van der Waals surface area contributed by atoms with E-state index in [1.165, 1.54) is 12.0 Å². The Morgan fingerprint density at radius 3 is 2.62 bits per heavy atom. The maximum Gasteiger partial charge on any atom is 0.225 e. The Hall–Kier alpha value is -1.59. The second kappa shape index (κ2) is 9.38. The average molecular weight is 380 g/mol. The molecule has 1 saturated carbocycles. The Balaban J connectivity index is 0.00000243. The second-order valence-corrected chi connectivity index (χ2v) is 7.56. The van der Waals surface area contributed by atoms with E-state index >= 15 is 0 Å². The summed E-state index contributed by atoms with van der Waals surface area (Å²) in [4.78, 5) is 26.7. The van der Waals surface area contributed by atoms with Crippen LogP contribution in [0, 0.1) is 18.8 Å². The van der Waals surface area contributed by atoms with Crippen LogP contribution in [0.4, 0.5) is 0 Å². The molecule has 0 bridgehead atoms. The van der Waals surface area contributed by atoms with E-state index in [-0.39, 0.29) is 36.2 Å². The summed E-state index contributed by atoms with van der Waals surface area (Å²) in [6, 6.07) is 8.37. The Morgan fingerprint density at radius 1 is 1.23 bits per heavy atom. The zero-order chi connectivity index (χ0) is 17.8. The fourth-order valence-corrected chi connectivity index (χ4v) is 3.99. The first kappa shape index (κ1) is 20.7. The number of hydrogen-bond acceptors (Lipinski definition) is 3. The van der Waals surface area contributed by atoms with Gasteiger partial charge in [-0.1, -0.05) is 42.7 Å². The summed E-state index contributed by atoms with van der Waals surface area (Å²) in [7, 11) is 0. The van der Waals surface area contributed by atoms with Crippen LogP contribution in [0.5, 0.6) is 0 Å². The fraction of sp³-hybridized carbons (Fsp3) is 0.600. The van der Waals surface area contributed by atoms with Crippen LogP contribution in [-0.4, -0.2) is 35.8 Å². The third kappa shape index (κ3) is 4.98. The van der Waals surface area contributed by atoms with Gasteiger partial charge in [-0.3, -0.25) is 9.59 Å². The number of carbonyl (C=O) groups is 2. The molecule has 3 atom stereocenters. The first-order chi connectivity index (χ1) is 12.1. The average Bonchev–Trinajstić information content (AvgIpc) is 2.98. The van der Waals surface area contributed by atoms with E-state index in [2.05, 4.69) is 17.4 Å². The van der Waals surface area contributed by atoms with Crippen LogP contribution in [0.2, 0.25) is 0 Å². The topological polar surface area (TPSA) is 75.4 Å². The van der Waals surface area contributed by atoms with Gasteiger partial charge in [0.1, 0.15) is 0 Å². The molecular weight excluding hydrogens is 350 g/mol. The first-order valence-corrected chi connectivity index (χ1v) is 9.40. The number of amides is 2. The largest absolute Gasteiger partial charge is 0.353 e. The Bertz CT molecular complexity index is 620. The van der Waals surface area contributed by atoms with Gasteiger partial charge in [-0.05, 0) is 37.8 Å². The van der Waals surface area contributed by atoms with Crippen LogP contribution in [0.3, 0.4) is 0 Å². The number of nitrogens with one attached hydrogen (secondary N) is 1. The van der Waals surface area contributed by atoms with Crippen LogP contribution < -0.4 is 11.1 Å². The zero-order valence-corrected chi connectivity index (χ0v) is 16.3. The van der Waals surface area contributed by atoms with Gasteiger partial charge in [0.15, 0.2) is 0 Å². The van der Waals surface area contributed by atoms with Crippen molar-refractivity contribution in [1.82, 2.24) is 10.2 Å². The Morgan fingerprint density at radius 2 is 1.92 bits per heavy atom. The minimum absolute atomic E-state index is 0. The third-order valence-corrected chi connectivity index (χ3v) is 5.62. The highest BCUT2D eigenvalue weighted by Gasteiger charge is 2.36. The maximum absolute atomic E-state index is 12.6. The predicted molar refractivity (Wildman–Crippen MR) is 105 cm³/mol. The van der Waals surface area contributed by atoms with E-state index < -0.39 is 0 Å². The molecule has 0 spiro atoms. The fourth-order valence-electron chi connectivity index (χ4n) is 3.99. The Labute approximate surface area is 162 Å². The number of nitrogens with zero attached hydrogens (tertiary/aromatic N) is 1. The zero-order valence-electron chi connectivity index (χ0n) is 15.4. The molecule has 1 saturated heterocycles. The number of carbonyl (C=O) groups excluding carboxylic acids is 2. The van der Waals surface area contributed by atoms with Gasteiger partial charge in [-0.2, -0.15) is 0 Å². The van der Waals surface area contributed by atoms with Crippen LogP contribution in [0.1, 0.15) is 43.2 Å². The molecule has 3 rings (SSSR count). The number of hydrogen-bond donors (Lipinski definition) is 2. The molecule has 0 aromatic heterocycles. The summed E-state index contributed by atoms with van der Waals surface area (Å²) in [6.45, 7) is 3.76. The van der Waals surface area contributed by atoms with Gasteiger partial charge in [0.05, 0.1) is 5.92 Å². The predicted octanol–water partition coefficient (Wildman–Crippen LogP) is 2.40. The molecule has 6 heteroatoms. The summed E-state index contributed by atoms with van der Waals surface area (Å²) in [5.74, 6) is 0.224. The van der Waals surface area contributed by atoms with Gasteiger partial charge in [-0.15, -0.1) is 12.4 Å². The molecule has 0 radical (unpaired) electrons. The monoisotopic (exact) mass is 379 g/mol. The van der Waals surface area contributed by atoms with E-state index in [0.717, 1.165) is 24.8 Å². The van der Waals surface area contributed by atoms with Crippen LogP contribution in [0.15, 0.2) is 24.3 Å². The number of nitrogens with two attached hydrogens (primary N) is 1. The lowest BCUT2D eigenvalue weighted by Gasteiger charge is -2.32. The SMILES string of the molecule is Cc1ccc(CN2CC(C(=O)NC3CCCCC3CN)CC2=O)cc1.Cl. The molecule has 1 aromatic rings. The van der Waals surface area contributed by atoms with Crippen molar-refractivity contribution in [2.24, 2.45) is 17.6 Å². The standard InChI is InChI=1S/C20H29N3O2.ClH/c1-14-6-8-15(9-7-14)12-23-13-17(10-19(23)24)20(25)22-18-5-3-2-4-16(18)11-21;/h6-9,16-18H,2-5,10-13,21H2,1H3,(H,22,25);1H. The van der Waals surface area contributed by atoms with E-state index in [4.69, 9.17) is 5.73 Å². The van der Waals surface area contributed by atoms with Gasteiger partial charge < -0.3 is 16.0 Å². The molecule has 3 N–H and O–H groups in total. The lowest BCUT2D eigenvalue weighted by Crippen LogP contribution is -2.47. The van der Waals surface area contributed by atoms with Gasteiger partial charge in [0.25, 0.3) is 0 Å². The van der Waals surface area contributed by atoms with Crippen molar-refractivity contribution < 1.29 is 9.59 Å². The molecule has 2 fully saturated rings. The summed E-state index contributed by atoms with van der Waals surface area (Å²) >= 11 is 0. The molecule has 26 heavy (non-hydrogen) atoms. The van der Waals surface area contributed by atoms with E-state index in [1.807, 2.05) is 19.1 Å². The molecule has 1 aliphatic heterocycles. The maximum atomic E-state index is 12.6. The number of benzene rings is 1. The normalized spacial score (nSPS) is 25.7. The smallest absolute Gasteiger partial charge is 0.225 e. The quantitative estimate of drug-likeness (QED) is 0.824. The highest BCUT2D eigenvalue weighted by molar-refractivity contribution is 5.89. The molecule has 2 aliphatic rings. The molecule has 1 heterocycles. The highest BCUT2D eigenvalue weighted by atomic mass is 35.5. The minimum atomic E-state index is -0.238. The number of halogens is 1. The third-order valence-electron chi connectivity index (χ3n) is 5.62. The van der Waals surface area contributed by atoms with Crippen molar-refractivity contribution in [3.63, 3.8) is 0 Å². The van der Waals surface area contributed by atoms with Crippen molar-refractivity contribution in [2.75, 3.05) is 13.1 Å². The summed E-state index contributed by atoms with van der Waals surface area (Å²) in [5, 5.41) is 3.18. The Kier molecular flexibility index (Phi) is 7.47. The molecule has 5 nitrogen and oxygen atoms in total. The van der Waals surface area contributed by atoms with Gasteiger partial charge in [0.2, 0.25) is 11.8 Å². The van der Waals surface area contributed by atoms with Gasteiger partial charge in [0, 0.05) is 25.6 Å². The lowest BCUT2D eigenvalue weighted by molar-refractivity contribution is -0.129. The summed E-state index contributed by atoms with van der Waals surface area (Å²) in [6.07, 6.45) is 4.74. The number of likely N-dealkylation sites (tertiary alicyclic amines) is 1. The first-order valence-electron chi connectivity index (χ1n) is 9.40. The van der Waals surface area contributed by atoms with Gasteiger partial charge >= 0.3 is 0 Å². The number of rotatable bonds is 5. The van der Waals surface area contributed by atoms with Crippen molar-refractivity contribution in [3.05, 3.63) is 35.4 Å². The minimum Gasteiger partial charge on any atom is -0.353 e. The van der Waals surface area contributed by atoms with Gasteiger partial charge in [-0.25, -0.2) is 0 Å². The van der Waals surface area contributed by atoms with Crippen LogP contribution >= 0.6 is 12.4 Å². The second-order valence-electron chi connectivity index (χ2n) is 7.56. The van der Waals surface area contributed by atoms with Crippen LogP contribution in [0.25, 0.3) is 0 Å². The molecular formula is C20H30ClN3O2. The lowest BCUT2D eigenvalue weighted by atomic mass is 9.84. The van der Waals surface area contributed by atoms with E-state index in [0.29, 0.717) is 32.0 Å². The van der Waals surface area contributed by atoms with Crippen LogP contribution in [-0.2, 0) is 16.1 Å². The van der Waals surface area contributed by atoms with Crippen molar-refractivity contribution in [3.8, 4) is 0 Å². The van der Waals surface area contributed by atoms with Crippen molar-refractivity contribution in [2.45, 2.75) is 51.6 Å². The van der Waals surface area contributed by atoms with E-state index in [1.54, 1.807) is 4.90 Å². The molecule has 2 amide bonds. The van der Waals surface area contributed by atoms with Crippen molar-refractivity contribution >= 4 is 24.2 Å². The summed E-state index contributed by atoms with van der Waals surface area (Å²) < 4.78 is 0. The van der Waals surface area contributed by atoms with E-state index in [9.17, 15) is 9.59 Å².